The Balaban J connectivity index is 1.75. The molecule has 0 atom stereocenters. The van der Waals surface area contributed by atoms with Crippen molar-refractivity contribution in [3.05, 3.63) is 28.8 Å². The smallest absolute Gasteiger partial charge is 0.255 e. The number of carbonyl (C=O) groups is 1. The van der Waals surface area contributed by atoms with Crippen molar-refractivity contribution in [3.63, 3.8) is 0 Å². The molecule has 156 valence electrons. The van der Waals surface area contributed by atoms with Crippen LogP contribution in [0.25, 0.3) is 0 Å². The molecular formula is C19H27ClN2O5S. The standard InChI is InChI=1S/C19H27ClN2O5S/c1-13(2)21(3)28(24,25)15-4-5-17(20)16(12-15)18(23)22-8-6-14(7-9-22)19-26-10-11-27-19/h4-5,12-14,19H,6-11H2,1-3H3. The van der Waals surface area contributed by atoms with Crippen molar-refractivity contribution in [1.29, 1.82) is 0 Å². The van der Waals surface area contributed by atoms with E-state index in [1.807, 2.05) is 0 Å². The topological polar surface area (TPSA) is 76.2 Å². The molecule has 2 aliphatic heterocycles. The second-order valence-electron chi connectivity index (χ2n) is 7.50. The number of rotatable bonds is 5. The first kappa shape index (κ1) is 21.5. The molecule has 0 spiro atoms. The summed E-state index contributed by atoms with van der Waals surface area (Å²) in [4.78, 5) is 14.8. The molecule has 2 aliphatic rings. The number of carbonyl (C=O) groups excluding carboxylic acids is 1. The Morgan fingerprint density at radius 3 is 2.39 bits per heavy atom. The second-order valence-corrected chi connectivity index (χ2v) is 9.90. The van der Waals surface area contributed by atoms with Gasteiger partial charge in [0.15, 0.2) is 6.29 Å². The Hall–Kier alpha value is -1.19. The van der Waals surface area contributed by atoms with Crippen molar-refractivity contribution >= 4 is 27.5 Å². The van der Waals surface area contributed by atoms with Gasteiger partial charge in [-0.1, -0.05) is 11.6 Å². The fraction of sp³-hybridized carbons (Fsp3) is 0.632. The number of benzene rings is 1. The molecule has 7 nitrogen and oxygen atoms in total. The van der Waals surface area contributed by atoms with Gasteiger partial charge in [-0.2, -0.15) is 4.31 Å². The maximum absolute atomic E-state index is 13.0. The molecule has 2 saturated heterocycles. The molecule has 28 heavy (non-hydrogen) atoms. The summed E-state index contributed by atoms with van der Waals surface area (Å²) in [6.45, 7) is 5.94. The number of amides is 1. The average Bonchev–Trinajstić information content (AvgIpc) is 3.22. The summed E-state index contributed by atoms with van der Waals surface area (Å²) in [6, 6.07) is 4.10. The highest BCUT2D eigenvalue weighted by Crippen LogP contribution is 2.29. The zero-order valence-corrected chi connectivity index (χ0v) is 18.0. The van der Waals surface area contributed by atoms with Crippen molar-refractivity contribution in [1.82, 2.24) is 9.21 Å². The van der Waals surface area contributed by atoms with Crippen LogP contribution in [0, 0.1) is 5.92 Å². The van der Waals surface area contributed by atoms with Crippen molar-refractivity contribution in [2.75, 3.05) is 33.4 Å². The molecule has 0 unspecified atom stereocenters. The van der Waals surface area contributed by atoms with Crippen LogP contribution in [0.5, 0.6) is 0 Å². The number of likely N-dealkylation sites (tertiary alicyclic amines) is 1. The fourth-order valence-electron chi connectivity index (χ4n) is 3.47. The van der Waals surface area contributed by atoms with Gasteiger partial charge in [-0.3, -0.25) is 4.79 Å². The van der Waals surface area contributed by atoms with Gasteiger partial charge in [-0.25, -0.2) is 8.42 Å². The lowest BCUT2D eigenvalue weighted by atomic mass is 9.95. The highest BCUT2D eigenvalue weighted by Gasteiger charge is 2.33. The normalized spacial score (nSPS) is 19.7. The average molecular weight is 431 g/mol. The number of hydrogen-bond donors (Lipinski definition) is 0. The van der Waals surface area contributed by atoms with E-state index in [0.717, 1.165) is 12.8 Å². The molecule has 0 saturated carbocycles. The number of halogens is 1. The van der Waals surface area contributed by atoms with Crippen molar-refractivity contribution in [2.24, 2.45) is 5.92 Å². The van der Waals surface area contributed by atoms with Crippen molar-refractivity contribution < 1.29 is 22.7 Å². The Bertz CT molecular complexity index is 816. The van der Waals surface area contributed by atoms with E-state index in [9.17, 15) is 13.2 Å². The summed E-state index contributed by atoms with van der Waals surface area (Å²) in [5, 5.41) is 0.251. The molecular weight excluding hydrogens is 404 g/mol. The minimum atomic E-state index is -3.69. The van der Waals surface area contributed by atoms with E-state index < -0.39 is 10.0 Å². The first-order chi connectivity index (χ1) is 13.2. The van der Waals surface area contributed by atoms with Gasteiger partial charge in [0, 0.05) is 32.1 Å². The Labute approximate surface area is 171 Å². The predicted octanol–water partition coefficient (Wildman–Crippen LogP) is 2.59. The number of piperidine rings is 1. The Kier molecular flexibility index (Phi) is 6.66. The molecule has 1 aromatic rings. The quantitative estimate of drug-likeness (QED) is 0.717. The maximum atomic E-state index is 13.0. The van der Waals surface area contributed by atoms with Gasteiger partial charge in [-0.05, 0) is 44.9 Å². The van der Waals surface area contributed by atoms with Crippen LogP contribution in [-0.4, -0.2) is 69.2 Å². The molecule has 0 aliphatic carbocycles. The Morgan fingerprint density at radius 1 is 1.21 bits per heavy atom. The van der Waals surface area contributed by atoms with Gasteiger partial charge in [0.2, 0.25) is 10.0 Å². The van der Waals surface area contributed by atoms with E-state index in [-0.39, 0.29) is 39.6 Å². The SMILES string of the molecule is CC(C)N(C)S(=O)(=O)c1ccc(Cl)c(C(=O)N2CCC(C3OCCO3)CC2)c1. The molecule has 3 rings (SSSR count). The third-order valence-corrected chi connectivity index (χ3v) is 7.79. The minimum Gasteiger partial charge on any atom is -0.350 e. The van der Waals surface area contributed by atoms with E-state index in [1.54, 1.807) is 18.7 Å². The van der Waals surface area contributed by atoms with E-state index in [2.05, 4.69) is 0 Å². The summed E-state index contributed by atoms with van der Waals surface area (Å²) in [7, 11) is -2.17. The molecule has 1 amide bonds. The Morgan fingerprint density at radius 2 is 1.82 bits per heavy atom. The maximum Gasteiger partial charge on any atom is 0.255 e. The van der Waals surface area contributed by atoms with Gasteiger partial charge in [0.25, 0.3) is 5.91 Å². The van der Waals surface area contributed by atoms with Gasteiger partial charge in [0.1, 0.15) is 0 Å². The molecule has 1 aromatic carbocycles. The van der Waals surface area contributed by atoms with E-state index in [4.69, 9.17) is 21.1 Å². The van der Waals surface area contributed by atoms with Crippen LogP contribution in [0.4, 0.5) is 0 Å². The minimum absolute atomic E-state index is 0.0686. The van der Waals surface area contributed by atoms with Crippen LogP contribution in [0.2, 0.25) is 5.02 Å². The molecule has 0 N–H and O–H groups in total. The van der Waals surface area contributed by atoms with Gasteiger partial charge >= 0.3 is 0 Å². The molecule has 0 radical (unpaired) electrons. The molecule has 2 heterocycles. The van der Waals surface area contributed by atoms with E-state index in [1.165, 1.54) is 29.6 Å². The number of nitrogens with zero attached hydrogens (tertiary/aromatic N) is 2. The van der Waals surface area contributed by atoms with Crippen LogP contribution in [0.1, 0.15) is 37.0 Å². The summed E-state index contributed by atoms with van der Waals surface area (Å²) in [6.07, 6.45) is 1.38. The molecule has 0 bridgehead atoms. The van der Waals surface area contributed by atoms with Crippen LogP contribution in [-0.2, 0) is 19.5 Å². The van der Waals surface area contributed by atoms with Crippen LogP contribution in [0.15, 0.2) is 23.1 Å². The summed E-state index contributed by atoms with van der Waals surface area (Å²) in [5.74, 6) is 0.0226. The number of ether oxygens (including phenoxy) is 2. The molecule has 2 fully saturated rings. The lowest BCUT2D eigenvalue weighted by Crippen LogP contribution is -2.41. The van der Waals surface area contributed by atoms with Crippen LogP contribution >= 0.6 is 11.6 Å². The molecule has 9 heteroatoms. The third kappa shape index (κ3) is 4.36. The number of sulfonamides is 1. The van der Waals surface area contributed by atoms with Crippen LogP contribution in [0.3, 0.4) is 0 Å². The van der Waals surface area contributed by atoms with Crippen LogP contribution < -0.4 is 0 Å². The number of hydrogen-bond acceptors (Lipinski definition) is 5. The summed E-state index contributed by atoms with van der Waals surface area (Å²) < 4.78 is 37.9. The lowest BCUT2D eigenvalue weighted by molar-refractivity contribution is -0.0956. The van der Waals surface area contributed by atoms with E-state index in [0.29, 0.717) is 26.3 Å². The zero-order chi connectivity index (χ0) is 20.5. The first-order valence-electron chi connectivity index (χ1n) is 9.52. The zero-order valence-electron chi connectivity index (χ0n) is 16.4. The van der Waals surface area contributed by atoms with Gasteiger partial charge < -0.3 is 14.4 Å². The fourth-order valence-corrected chi connectivity index (χ4v) is 5.06. The van der Waals surface area contributed by atoms with Gasteiger partial charge in [0.05, 0.1) is 28.7 Å². The second kappa shape index (κ2) is 8.67. The summed E-state index contributed by atoms with van der Waals surface area (Å²) >= 11 is 6.24. The highest BCUT2D eigenvalue weighted by molar-refractivity contribution is 7.89. The lowest BCUT2D eigenvalue weighted by Gasteiger charge is -2.34. The largest absolute Gasteiger partial charge is 0.350 e. The monoisotopic (exact) mass is 430 g/mol. The van der Waals surface area contributed by atoms with Gasteiger partial charge in [-0.15, -0.1) is 0 Å². The van der Waals surface area contributed by atoms with Crippen molar-refractivity contribution in [2.45, 2.75) is 43.9 Å². The van der Waals surface area contributed by atoms with Crippen molar-refractivity contribution in [3.8, 4) is 0 Å². The summed E-state index contributed by atoms with van der Waals surface area (Å²) in [5.41, 5.74) is 0.215. The third-order valence-electron chi connectivity index (χ3n) is 5.43. The first-order valence-corrected chi connectivity index (χ1v) is 11.3. The van der Waals surface area contributed by atoms with E-state index >= 15 is 0 Å². The predicted molar refractivity (Wildman–Crippen MR) is 106 cm³/mol. The molecule has 0 aromatic heterocycles. The highest BCUT2D eigenvalue weighted by atomic mass is 35.5.